The quantitative estimate of drug-likeness (QED) is 0.740. The van der Waals surface area contributed by atoms with E-state index in [-0.39, 0.29) is 5.82 Å². The molecule has 0 aliphatic carbocycles. The number of halogens is 1. The van der Waals surface area contributed by atoms with E-state index < -0.39 is 8.24 Å². The number of fused-ring (bicyclic) bond motifs is 1. The summed E-state index contributed by atoms with van der Waals surface area (Å²) in [5.41, 5.74) is 2.22. The molecule has 4 heteroatoms. The molecule has 92 valence electrons. The van der Waals surface area contributed by atoms with Gasteiger partial charge in [-0.15, -0.1) is 0 Å². The molecular formula is C13H19FN2Si. The summed E-state index contributed by atoms with van der Waals surface area (Å²) in [6, 6.07) is 5.05. The fourth-order valence-corrected chi connectivity index (χ4v) is 3.52. The summed E-state index contributed by atoms with van der Waals surface area (Å²) >= 11 is 0. The highest BCUT2D eigenvalue weighted by atomic mass is 28.3. The van der Waals surface area contributed by atoms with Crippen LogP contribution in [0.1, 0.15) is 0 Å². The minimum Gasteiger partial charge on any atom is -0.376 e. The molecule has 0 N–H and O–H groups in total. The molecule has 0 bridgehead atoms. The second-order valence-electron chi connectivity index (χ2n) is 5.61. The third-order valence-corrected chi connectivity index (χ3v) is 4.77. The lowest BCUT2D eigenvalue weighted by Gasteiger charge is -2.20. The maximum absolute atomic E-state index is 13.4. The summed E-state index contributed by atoms with van der Waals surface area (Å²) in [5, 5.41) is 0.998. The lowest BCUT2D eigenvalue weighted by molar-refractivity contribution is 0.629. The van der Waals surface area contributed by atoms with Crippen LogP contribution in [0.3, 0.4) is 0 Å². The number of benzene rings is 1. The first-order valence-corrected chi connectivity index (χ1v) is 9.24. The van der Waals surface area contributed by atoms with Gasteiger partial charge in [-0.05, 0) is 18.2 Å². The van der Waals surface area contributed by atoms with Crippen molar-refractivity contribution in [2.75, 3.05) is 19.0 Å². The normalized spacial score (nSPS) is 12.1. The van der Waals surface area contributed by atoms with Gasteiger partial charge in [-0.3, -0.25) is 0 Å². The fraction of sp³-hybridized carbons (Fsp3) is 0.385. The van der Waals surface area contributed by atoms with Crippen LogP contribution in [0.15, 0.2) is 24.4 Å². The summed E-state index contributed by atoms with van der Waals surface area (Å²) in [7, 11) is 2.52. The molecule has 1 aromatic carbocycles. The van der Waals surface area contributed by atoms with Gasteiger partial charge in [-0.25, -0.2) is 4.39 Å². The highest BCUT2D eigenvalue weighted by molar-refractivity contribution is 6.75. The van der Waals surface area contributed by atoms with E-state index in [0.29, 0.717) is 0 Å². The number of nitrogens with zero attached hydrogens (tertiary/aromatic N) is 2. The van der Waals surface area contributed by atoms with Crippen LogP contribution in [-0.2, 0) is 0 Å². The first-order valence-electron chi connectivity index (χ1n) is 5.79. The summed E-state index contributed by atoms with van der Waals surface area (Å²) in [6.07, 6.45) is 2.15. The third kappa shape index (κ3) is 2.09. The van der Waals surface area contributed by atoms with Crippen molar-refractivity contribution < 1.29 is 4.39 Å². The molecule has 2 nitrogen and oxygen atoms in total. The van der Waals surface area contributed by atoms with Gasteiger partial charge in [0.1, 0.15) is 5.82 Å². The van der Waals surface area contributed by atoms with Crippen molar-refractivity contribution in [2.24, 2.45) is 0 Å². The lowest BCUT2D eigenvalue weighted by atomic mass is 10.2. The molecule has 0 radical (unpaired) electrons. The van der Waals surface area contributed by atoms with Crippen molar-refractivity contribution in [3.63, 3.8) is 0 Å². The Morgan fingerprint density at radius 1 is 1.18 bits per heavy atom. The minimum absolute atomic E-state index is 0.172. The second-order valence-corrected chi connectivity index (χ2v) is 10.4. The smallest absolute Gasteiger partial charge is 0.152 e. The van der Waals surface area contributed by atoms with Gasteiger partial charge in [0.15, 0.2) is 8.24 Å². The summed E-state index contributed by atoms with van der Waals surface area (Å²) in [4.78, 5) is 2.04. The van der Waals surface area contributed by atoms with Gasteiger partial charge in [0.25, 0.3) is 0 Å². The molecule has 1 heterocycles. The van der Waals surface area contributed by atoms with Gasteiger partial charge in [0.05, 0.1) is 5.69 Å². The zero-order chi connectivity index (χ0) is 12.8. The predicted molar refractivity (Wildman–Crippen MR) is 75.0 cm³/mol. The van der Waals surface area contributed by atoms with Crippen LogP contribution in [0.2, 0.25) is 19.6 Å². The molecule has 1 aromatic heterocycles. The average molecular weight is 250 g/mol. The molecule has 0 aliphatic heterocycles. The van der Waals surface area contributed by atoms with Crippen molar-refractivity contribution in [2.45, 2.75) is 19.6 Å². The molecule has 2 aromatic rings. The maximum atomic E-state index is 13.4. The second kappa shape index (κ2) is 3.87. The summed E-state index contributed by atoms with van der Waals surface area (Å²) < 4.78 is 15.7. The lowest BCUT2D eigenvalue weighted by Crippen LogP contribution is -2.31. The maximum Gasteiger partial charge on any atom is 0.152 e. The first kappa shape index (κ1) is 12.2. The molecule has 0 atom stereocenters. The van der Waals surface area contributed by atoms with Crippen LogP contribution in [0, 0.1) is 5.82 Å². The van der Waals surface area contributed by atoms with Gasteiger partial charge in [-0.1, -0.05) is 19.6 Å². The molecule has 0 aliphatic rings. The van der Waals surface area contributed by atoms with E-state index in [9.17, 15) is 4.39 Å². The Balaban J connectivity index is 2.80. The zero-order valence-corrected chi connectivity index (χ0v) is 12.1. The van der Waals surface area contributed by atoms with Crippen LogP contribution >= 0.6 is 0 Å². The van der Waals surface area contributed by atoms with E-state index in [1.165, 1.54) is 0 Å². The van der Waals surface area contributed by atoms with Gasteiger partial charge < -0.3 is 9.13 Å². The van der Waals surface area contributed by atoms with Gasteiger partial charge >= 0.3 is 0 Å². The van der Waals surface area contributed by atoms with E-state index in [4.69, 9.17) is 0 Å². The van der Waals surface area contributed by atoms with E-state index in [1.54, 1.807) is 12.1 Å². The Hall–Kier alpha value is -1.29. The molecule has 0 unspecified atom stereocenters. The number of hydrogen-bond acceptors (Lipinski definition) is 1. The van der Waals surface area contributed by atoms with Gasteiger partial charge in [0.2, 0.25) is 0 Å². The highest BCUT2D eigenvalue weighted by Crippen LogP contribution is 2.30. The Morgan fingerprint density at radius 2 is 1.82 bits per heavy atom. The van der Waals surface area contributed by atoms with Gasteiger partial charge in [0, 0.05) is 31.2 Å². The highest BCUT2D eigenvalue weighted by Gasteiger charge is 2.21. The molecule has 17 heavy (non-hydrogen) atoms. The van der Waals surface area contributed by atoms with Crippen LogP contribution in [0.5, 0.6) is 0 Å². The summed E-state index contributed by atoms with van der Waals surface area (Å²) in [6.45, 7) is 6.86. The van der Waals surface area contributed by atoms with Crippen molar-refractivity contribution in [3.05, 3.63) is 30.2 Å². The topological polar surface area (TPSA) is 8.17 Å². The Bertz CT molecular complexity index is 552. The van der Waals surface area contributed by atoms with Crippen molar-refractivity contribution in [1.29, 1.82) is 0 Å². The van der Waals surface area contributed by atoms with Crippen molar-refractivity contribution in [1.82, 2.24) is 4.23 Å². The third-order valence-electron chi connectivity index (χ3n) is 2.95. The number of anilines is 1. The molecule has 0 saturated carbocycles. The van der Waals surface area contributed by atoms with Gasteiger partial charge in [-0.2, -0.15) is 0 Å². The minimum atomic E-state index is -1.47. The monoisotopic (exact) mass is 250 g/mol. The molecule has 0 fully saturated rings. The Morgan fingerprint density at radius 3 is 2.35 bits per heavy atom. The molecule has 0 saturated heterocycles. The first-order chi connectivity index (χ1) is 7.80. The average Bonchev–Trinajstić information content (AvgIpc) is 2.55. The summed E-state index contributed by atoms with van der Waals surface area (Å²) in [5.74, 6) is -0.172. The molecular weight excluding hydrogens is 231 g/mol. The number of hydrogen-bond donors (Lipinski definition) is 0. The van der Waals surface area contributed by atoms with E-state index in [1.807, 2.05) is 25.1 Å². The van der Waals surface area contributed by atoms with Crippen molar-refractivity contribution >= 4 is 24.8 Å². The number of aromatic nitrogens is 1. The molecule has 0 amide bonds. The Labute approximate surface area is 103 Å². The van der Waals surface area contributed by atoms with Crippen LogP contribution in [0.25, 0.3) is 10.9 Å². The van der Waals surface area contributed by atoms with Crippen LogP contribution < -0.4 is 4.90 Å². The van der Waals surface area contributed by atoms with Crippen molar-refractivity contribution in [3.8, 4) is 0 Å². The van der Waals surface area contributed by atoms with E-state index >= 15 is 0 Å². The standard InChI is InChI=1S/C13H19FN2Si/c1-15(2)13-9-16(17(3,4)5)12-7-6-10(14)8-11(12)13/h6-9H,1-5H3. The molecule has 2 rings (SSSR count). The predicted octanol–water partition coefficient (Wildman–Crippen LogP) is 3.53. The van der Waals surface area contributed by atoms with E-state index in [2.05, 4.69) is 30.1 Å². The van der Waals surface area contributed by atoms with Crippen LogP contribution in [-0.4, -0.2) is 26.6 Å². The fourth-order valence-electron chi connectivity index (χ4n) is 2.10. The zero-order valence-electron chi connectivity index (χ0n) is 11.1. The van der Waals surface area contributed by atoms with E-state index in [0.717, 1.165) is 16.6 Å². The molecule has 0 spiro atoms. The number of rotatable bonds is 2. The van der Waals surface area contributed by atoms with Crippen LogP contribution in [0.4, 0.5) is 10.1 Å². The SMILES string of the molecule is CN(C)c1cn([Si](C)(C)C)c2ccc(F)cc12. The largest absolute Gasteiger partial charge is 0.376 e. The Kier molecular flexibility index (Phi) is 2.77.